The second-order valence-electron chi connectivity index (χ2n) is 8.28. The number of piperidine rings is 1. The summed E-state index contributed by atoms with van der Waals surface area (Å²) in [5.41, 5.74) is 2.95. The number of amides is 1. The Hall–Kier alpha value is -2.61. The van der Waals surface area contributed by atoms with Crippen LogP contribution in [-0.2, 0) is 21.4 Å². The van der Waals surface area contributed by atoms with E-state index in [1.54, 1.807) is 35.2 Å². The number of anilines is 1. The highest BCUT2D eigenvalue weighted by molar-refractivity contribution is 7.89. The van der Waals surface area contributed by atoms with E-state index in [0.717, 1.165) is 16.8 Å². The predicted octanol–water partition coefficient (Wildman–Crippen LogP) is 5.11. The van der Waals surface area contributed by atoms with Gasteiger partial charge in [0.2, 0.25) is 10.0 Å². The molecule has 0 bridgehead atoms. The van der Waals surface area contributed by atoms with Crippen LogP contribution < -0.4 is 4.90 Å². The lowest BCUT2D eigenvalue weighted by molar-refractivity contribution is 0.135. The molecular formula is C24H23ClN2O4S. The Balaban J connectivity index is 1.40. The van der Waals surface area contributed by atoms with Crippen molar-refractivity contribution in [3.63, 3.8) is 0 Å². The maximum absolute atomic E-state index is 13.5. The van der Waals surface area contributed by atoms with Gasteiger partial charge >= 0.3 is 6.09 Å². The van der Waals surface area contributed by atoms with Gasteiger partial charge in [0.1, 0.15) is 6.61 Å². The van der Waals surface area contributed by atoms with Crippen LogP contribution in [0.3, 0.4) is 0 Å². The SMILES string of the molecule is Cc1ccc2c(c1)COC(=O)N2C1CCN(S(=O)(=O)c2cccc3c(Cl)cccc23)CC1. The monoisotopic (exact) mass is 470 g/mol. The van der Waals surface area contributed by atoms with E-state index < -0.39 is 10.0 Å². The molecule has 166 valence electrons. The zero-order valence-electron chi connectivity index (χ0n) is 17.6. The number of ether oxygens (including phenoxy) is 1. The Kier molecular flexibility index (Phi) is 5.35. The molecule has 2 heterocycles. The lowest BCUT2D eigenvalue weighted by Crippen LogP contribution is -2.50. The van der Waals surface area contributed by atoms with E-state index in [0.29, 0.717) is 41.7 Å². The van der Waals surface area contributed by atoms with Gasteiger partial charge in [-0.2, -0.15) is 4.31 Å². The fourth-order valence-corrected chi connectivity index (χ4v) is 6.58. The number of fused-ring (bicyclic) bond motifs is 2. The molecule has 0 atom stereocenters. The van der Waals surface area contributed by atoms with Crippen LogP contribution in [0.2, 0.25) is 5.02 Å². The minimum Gasteiger partial charge on any atom is -0.444 e. The molecule has 0 saturated carbocycles. The van der Waals surface area contributed by atoms with Crippen LogP contribution in [0.1, 0.15) is 24.0 Å². The summed E-state index contributed by atoms with van der Waals surface area (Å²) in [5, 5.41) is 1.86. The molecular weight excluding hydrogens is 448 g/mol. The normalized spacial score (nSPS) is 17.9. The van der Waals surface area contributed by atoms with Gasteiger partial charge in [0.25, 0.3) is 0 Å². The van der Waals surface area contributed by atoms with Gasteiger partial charge in [0.15, 0.2) is 0 Å². The van der Waals surface area contributed by atoms with E-state index in [-0.39, 0.29) is 23.6 Å². The van der Waals surface area contributed by atoms with E-state index in [1.165, 1.54) is 4.31 Å². The fourth-order valence-electron chi connectivity index (χ4n) is 4.67. The summed E-state index contributed by atoms with van der Waals surface area (Å²) >= 11 is 6.28. The van der Waals surface area contributed by atoms with Crippen LogP contribution >= 0.6 is 11.6 Å². The van der Waals surface area contributed by atoms with Gasteiger partial charge < -0.3 is 4.74 Å². The number of nitrogens with zero attached hydrogens (tertiary/aromatic N) is 2. The third-order valence-corrected chi connectivity index (χ3v) is 8.56. The molecule has 0 N–H and O–H groups in total. The molecule has 1 saturated heterocycles. The van der Waals surface area contributed by atoms with Gasteiger partial charge in [-0.15, -0.1) is 0 Å². The van der Waals surface area contributed by atoms with Crippen molar-refractivity contribution >= 4 is 44.2 Å². The van der Waals surface area contributed by atoms with Crippen LogP contribution in [0, 0.1) is 6.92 Å². The Bertz CT molecular complexity index is 1320. The van der Waals surface area contributed by atoms with Gasteiger partial charge in [-0.1, -0.05) is 53.6 Å². The predicted molar refractivity (Wildman–Crippen MR) is 125 cm³/mol. The van der Waals surface area contributed by atoms with E-state index >= 15 is 0 Å². The first-order valence-corrected chi connectivity index (χ1v) is 12.4. The Morgan fingerprint density at radius 2 is 1.72 bits per heavy atom. The molecule has 32 heavy (non-hydrogen) atoms. The summed E-state index contributed by atoms with van der Waals surface area (Å²) in [5.74, 6) is 0. The number of carbonyl (C=O) groups excluding carboxylic acids is 1. The second-order valence-corrected chi connectivity index (χ2v) is 10.6. The molecule has 0 unspecified atom stereocenters. The standard InChI is InChI=1S/C24H23ClN2O4S/c1-16-8-9-22-17(14-16)15-31-24(28)27(22)18-10-12-26(13-11-18)32(29,30)23-7-3-4-19-20(23)5-2-6-21(19)25/h2-9,14,18H,10-13,15H2,1H3. The fraction of sp³-hybridized carbons (Fsp3) is 0.292. The van der Waals surface area contributed by atoms with Crippen LogP contribution in [0.25, 0.3) is 10.8 Å². The topological polar surface area (TPSA) is 66.9 Å². The van der Waals surface area contributed by atoms with Crippen LogP contribution in [0.15, 0.2) is 59.5 Å². The van der Waals surface area contributed by atoms with Crippen molar-refractivity contribution in [2.24, 2.45) is 0 Å². The maximum Gasteiger partial charge on any atom is 0.414 e. The summed E-state index contributed by atoms with van der Waals surface area (Å²) in [4.78, 5) is 14.5. The third-order valence-electron chi connectivity index (χ3n) is 6.28. The average molecular weight is 471 g/mol. The van der Waals surface area contributed by atoms with Gasteiger partial charge in [0.05, 0.1) is 10.6 Å². The van der Waals surface area contributed by atoms with Crippen molar-refractivity contribution in [1.29, 1.82) is 0 Å². The Morgan fingerprint density at radius 3 is 2.50 bits per heavy atom. The smallest absolute Gasteiger partial charge is 0.414 e. The zero-order valence-corrected chi connectivity index (χ0v) is 19.2. The Labute approximate surface area is 192 Å². The number of sulfonamides is 1. The van der Waals surface area contributed by atoms with Crippen molar-refractivity contribution in [3.05, 3.63) is 70.7 Å². The summed E-state index contributed by atoms with van der Waals surface area (Å²) in [6.45, 7) is 2.93. The van der Waals surface area contributed by atoms with Crippen molar-refractivity contribution in [2.75, 3.05) is 18.0 Å². The minimum absolute atomic E-state index is 0.113. The van der Waals surface area contributed by atoms with Crippen molar-refractivity contribution in [2.45, 2.75) is 37.3 Å². The van der Waals surface area contributed by atoms with E-state index in [1.807, 2.05) is 31.2 Å². The molecule has 1 amide bonds. The first-order valence-electron chi connectivity index (χ1n) is 10.6. The van der Waals surface area contributed by atoms with Crippen LogP contribution in [0.5, 0.6) is 0 Å². The molecule has 3 aromatic rings. The molecule has 0 radical (unpaired) electrons. The van der Waals surface area contributed by atoms with Gasteiger partial charge in [-0.25, -0.2) is 13.2 Å². The molecule has 0 spiro atoms. The zero-order chi connectivity index (χ0) is 22.5. The lowest BCUT2D eigenvalue weighted by atomic mass is 10.0. The summed E-state index contributed by atoms with van der Waals surface area (Å²) in [7, 11) is -3.70. The van der Waals surface area contributed by atoms with Crippen LogP contribution in [-0.4, -0.2) is 37.9 Å². The van der Waals surface area contributed by atoms with Crippen LogP contribution in [0.4, 0.5) is 10.5 Å². The summed E-state index contributed by atoms with van der Waals surface area (Å²) < 4.78 is 33.8. The number of hydrogen-bond acceptors (Lipinski definition) is 4. The number of benzene rings is 3. The highest BCUT2D eigenvalue weighted by Gasteiger charge is 2.37. The minimum atomic E-state index is -3.70. The number of cyclic esters (lactones) is 1. The molecule has 3 aromatic carbocycles. The van der Waals surface area contributed by atoms with Crippen molar-refractivity contribution < 1.29 is 17.9 Å². The Morgan fingerprint density at radius 1 is 1.00 bits per heavy atom. The summed E-state index contributed by atoms with van der Waals surface area (Å²) in [6, 6.07) is 16.3. The molecule has 0 aromatic heterocycles. The average Bonchev–Trinajstić information content (AvgIpc) is 2.79. The second kappa shape index (κ2) is 8.06. The highest BCUT2D eigenvalue weighted by Crippen LogP contribution is 2.35. The first kappa shape index (κ1) is 21.2. The van der Waals surface area contributed by atoms with E-state index in [4.69, 9.17) is 16.3 Å². The van der Waals surface area contributed by atoms with E-state index in [2.05, 4.69) is 0 Å². The van der Waals surface area contributed by atoms with Gasteiger partial charge in [0, 0.05) is 40.5 Å². The lowest BCUT2D eigenvalue weighted by Gasteiger charge is -2.40. The molecule has 1 fully saturated rings. The molecule has 0 aliphatic carbocycles. The largest absolute Gasteiger partial charge is 0.444 e. The number of hydrogen-bond donors (Lipinski definition) is 0. The van der Waals surface area contributed by atoms with Crippen molar-refractivity contribution in [3.8, 4) is 0 Å². The van der Waals surface area contributed by atoms with Crippen molar-refractivity contribution in [1.82, 2.24) is 4.31 Å². The first-order chi connectivity index (χ1) is 15.4. The van der Waals surface area contributed by atoms with E-state index in [9.17, 15) is 13.2 Å². The molecule has 8 heteroatoms. The molecule has 2 aliphatic heterocycles. The molecule has 6 nitrogen and oxygen atoms in total. The number of halogens is 1. The number of carbonyl (C=O) groups is 1. The third kappa shape index (κ3) is 3.54. The quantitative estimate of drug-likeness (QED) is 0.533. The van der Waals surface area contributed by atoms with Gasteiger partial charge in [-0.3, -0.25) is 4.90 Å². The number of rotatable bonds is 3. The maximum atomic E-state index is 13.5. The van der Waals surface area contributed by atoms with Gasteiger partial charge in [-0.05, 0) is 38.0 Å². The molecule has 5 rings (SSSR count). The molecule has 2 aliphatic rings. The highest BCUT2D eigenvalue weighted by atomic mass is 35.5. The number of aryl methyl sites for hydroxylation is 1. The summed E-state index contributed by atoms with van der Waals surface area (Å²) in [6.07, 6.45) is 0.701.